The molecule has 0 spiro atoms. The van der Waals surface area contributed by atoms with Crippen LogP contribution in [0, 0.1) is 11.6 Å². The zero-order chi connectivity index (χ0) is 25.4. The molecule has 186 valence electrons. The lowest BCUT2D eigenvalue weighted by atomic mass is 9.87. The maximum absolute atomic E-state index is 15.2. The van der Waals surface area contributed by atoms with E-state index in [0.717, 1.165) is 16.5 Å². The summed E-state index contributed by atoms with van der Waals surface area (Å²) in [6, 6.07) is 10.6. The normalized spacial score (nSPS) is 24.9. The van der Waals surface area contributed by atoms with E-state index in [2.05, 4.69) is 0 Å². The van der Waals surface area contributed by atoms with E-state index >= 15 is 4.39 Å². The third-order valence-corrected chi connectivity index (χ3v) is 8.44. The second-order valence-corrected chi connectivity index (χ2v) is 10.7. The summed E-state index contributed by atoms with van der Waals surface area (Å²) < 4.78 is 30.9. The minimum absolute atomic E-state index is 0.176. The van der Waals surface area contributed by atoms with Crippen molar-refractivity contribution < 1.29 is 23.8 Å². The van der Waals surface area contributed by atoms with E-state index in [1.807, 2.05) is 24.3 Å². The lowest BCUT2D eigenvalue weighted by Crippen LogP contribution is -2.66. The molecule has 0 aliphatic carbocycles. The summed E-state index contributed by atoms with van der Waals surface area (Å²) >= 11 is 1.39. The average molecular weight is 512 g/mol. The van der Waals surface area contributed by atoms with Gasteiger partial charge >= 0.3 is 0 Å². The first kappa shape index (κ1) is 23.1. The Hall–Kier alpha value is -3.37. The number of aromatic nitrogens is 1. The number of nitrogens with zero attached hydrogens (tertiary/aromatic N) is 3. The molecule has 3 aliphatic heterocycles. The molecule has 4 heterocycles. The number of thioether (sulfide) groups is 1. The van der Waals surface area contributed by atoms with Crippen molar-refractivity contribution in [1.29, 1.82) is 0 Å². The Labute approximate surface area is 209 Å². The Morgan fingerprint density at radius 2 is 1.86 bits per heavy atom. The molecular weight excluding hydrogens is 488 g/mol. The first-order valence-corrected chi connectivity index (χ1v) is 12.6. The molecule has 3 aliphatic rings. The van der Waals surface area contributed by atoms with Crippen LogP contribution in [0.25, 0.3) is 0 Å². The predicted octanol–water partition coefficient (Wildman–Crippen LogP) is 3.49. The van der Waals surface area contributed by atoms with Gasteiger partial charge in [0.1, 0.15) is 6.17 Å². The van der Waals surface area contributed by atoms with Gasteiger partial charge in [-0.2, -0.15) is 0 Å². The number of amides is 1. The number of hydrogen-bond acceptors (Lipinski definition) is 6. The first-order valence-electron chi connectivity index (χ1n) is 11.6. The molecule has 0 bridgehead atoms. The summed E-state index contributed by atoms with van der Waals surface area (Å²) in [5, 5.41) is 23.5. The van der Waals surface area contributed by atoms with Crippen LogP contribution in [0.2, 0.25) is 0 Å². The van der Waals surface area contributed by atoms with Crippen LogP contribution >= 0.6 is 11.8 Å². The zero-order valence-electron chi connectivity index (χ0n) is 19.3. The third kappa shape index (κ3) is 3.35. The second kappa shape index (κ2) is 8.07. The molecule has 0 radical (unpaired) electrons. The van der Waals surface area contributed by atoms with Gasteiger partial charge < -0.3 is 15.1 Å². The van der Waals surface area contributed by atoms with Gasteiger partial charge in [-0.3, -0.25) is 19.3 Å². The smallest absolute Gasteiger partial charge is 0.278 e. The lowest BCUT2D eigenvalue weighted by molar-refractivity contribution is -0.0381. The van der Waals surface area contributed by atoms with Crippen LogP contribution in [0.15, 0.2) is 58.4 Å². The van der Waals surface area contributed by atoms with Gasteiger partial charge in [0.15, 0.2) is 23.1 Å². The molecule has 36 heavy (non-hydrogen) atoms. The third-order valence-electron chi connectivity index (χ3n) is 7.32. The number of carbonyl (C=O) groups is 1. The summed E-state index contributed by atoms with van der Waals surface area (Å²) in [6.45, 7) is 1.90. The summed E-state index contributed by atoms with van der Waals surface area (Å²) in [4.78, 5) is 28.2. The van der Waals surface area contributed by atoms with Crippen molar-refractivity contribution in [2.45, 2.75) is 48.2 Å². The standard InChI is InChI=1S/C26H23F2N3O4S/c1-26(35)9-11-29-20(12-26)31(30-10-8-18(32)24(33)23(30)25(29)34)22-14-6-7-17(27)21(28)16(14)13-36-19-5-3-2-4-15(19)22/h2-8,10,20,22,33,35H,9,11-13H2,1H3/t20-,22+,26?/m1/s1. The minimum atomic E-state index is -1.09. The van der Waals surface area contributed by atoms with Crippen LogP contribution < -0.4 is 10.4 Å². The highest BCUT2D eigenvalue weighted by Gasteiger charge is 2.49. The Morgan fingerprint density at radius 1 is 1.08 bits per heavy atom. The molecule has 0 saturated carbocycles. The van der Waals surface area contributed by atoms with E-state index in [4.69, 9.17) is 0 Å². The maximum Gasteiger partial charge on any atom is 0.278 e. The fourth-order valence-electron chi connectivity index (χ4n) is 5.52. The van der Waals surface area contributed by atoms with Crippen molar-refractivity contribution in [3.63, 3.8) is 0 Å². The van der Waals surface area contributed by atoms with Gasteiger partial charge in [-0.05, 0) is 36.6 Å². The van der Waals surface area contributed by atoms with Crippen LogP contribution in [0.1, 0.15) is 53.0 Å². The highest BCUT2D eigenvalue weighted by Crippen LogP contribution is 2.46. The van der Waals surface area contributed by atoms with Crippen molar-refractivity contribution in [2.75, 3.05) is 11.6 Å². The number of aromatic hydroxyl groups is 1. The number of aliphatic hydroxyl groups is 1. The highest BCUT2D eigenvalue weighted by atomic mass is 32.2. The van der Waals surface area contributed by atoms with E-state index < -0.39 is 46.5 Å². The van der Waals surface area contributed by atoms with Crippen molar-refractivity contribution in [2.24, 2.45) is 0 Å². The molecule has 1 aromatic heterocycles. The van der Waals surface area contributed by atoms with Crippen LogP contribution in [0.4, 0.5) is 8.78 Å². The van der Waals surface area contributed by atoms with E-state index in [1.165, 1.54) is 33.6 Å². The number of halogens is 2. The van der Waals surface area contributed by atoms with Crippen LogP contribution in [-0.4, -0.2) is 44.0 Å². The molecule has 1 amide bonds. The molecule has 6 rings (SSSR count). The van der Waals surface area contributed by atoms with Crippen LogP contribution in [0.5, 0.6) is 5.75 Å². The van der Waals surface area contributed by atoms with Crippen molar-refractivity contribution in [3.8, 4) is 5.75 Å². The van der Waals surface area contributed by atoms with Gasteiger partial charge in [-0.15, -0.1) is 11.8 Å². The fourth-order valence-corrected chi connectivity index (χ4v) is 6.64. The molecule has 2 N–H and O–H groups in total. The molecule has 2 aromatic carbocycles. The van der Waals surface area contributed by atoms with Gasteiger partial charge in [0.2, 0.25) is 5.43 Å². The van der Waals surface area contributed by atoms with Crippen molar-refractivity contribution in [3.05, 3.63) is 92.9 Å². The number of benzene rings is 2. The summed E-state index contributed by atoms with van der Waals surface area (Å²) in [7, 11) is 0. The number of carbonyl (C=O) groups excluding carboxylic acids is 1. The Kier molecular flexibility index (Phi) is 5.17. The van der Waals surface area contributed by atoms with E-state index in [9.17, 15) is 24.2 Å². The topological polar surface area (TPSA) is 86.0 Å². The molecule has 1 unspecified atom stereocenters. The van der Waals surface area contributed by atoms with Crippen molar-refractivity contribution >= 4 is 17.7 Å². The molecule has 3 atom stereocenters. The molecule has 1 saturated heterocycles. The van der Waals surface area contributed by atoms with Gasteiger partial charge in [-0.1, -0.05) is 24.3 Å². The Balaban J connectivity index is 1.68. The maximum atomic E-state index is 15.2. The van der Waals surface area contributed by atoms with E-state index in [0.29, 0.717) is 12.0 Å². The Bertz CT molecular complexity index is 1470. The van der Waals surface area contributed by atoms with Gasteiger partial charge in [0, 0.05) is 41.4 Å². The van der Waals surface area contributed by atoms with Gasteiger partial charge in [0.25, 0.3) is 5.91 Å². The summed E-state index contributed by atoms with van der Waals surface area (Å²) in [5.41, 5.74) is -0.458. The first-order chi connectivity index (χ1) is 17.2. The van der Waals surface area contributed by atoms with E-state index in [1.54, 1.807) is 18.0 Å². The SMILES string of the molecule is CC1(O)CCN2C(=O)c3c(O)c(=O)ccn3N([C@@H]3c4ccccc4SCc4c3ccc(F)c4F)[C@@H]2C1. The Morgan fingerprint density at radius 3 is 2.67 bits per heavy atom. The average Bonchev–Trinajstić information content (AvgIpc) is 3.01. The number of hydrogen-bond donors (Lipinski definition) is 2. The van der Waals surface area contributed by atoms with Crippen molar-refractivity contribution in [1.82, 2.24) is 9.58 Å². The van der Waals surface area contributed by atoms with Gasteiger partial charge in [0.05, 0.1) is 11.6 Å². The molecule has 1 fully saturated rings. The quantitative estimate of drug-likeness (QED) is 0.520. The molecule has 7 nitrogen and oxygen atoms in total. The van der Waals surface area contributed by atoms with Crippen LogP contribution in [-0.2, 0) is 5.75 Å². The highest BCUT2D eigenvalue weighted by molar-refractivity contribution is 7.98. The summed E-state index contributed by atoms with van der Waals surface area (Å²) in [6.07, 6.45) is 1.22. The van der Waals surface area contributed by atoms with Gasteiger partial charge in [-0.25, -0.2) is 8.78 Å². The number of piperidine rings is 1. The zero-order valence-corrected chi connectivity index (χ0v) is 20.1. The van der Waals surface area contributed by atoms with Crippen LogP contribution in [0.3, 0.4) is 0 Å². The molecular formula is C26H23F2N3O4S. The fraction of sp³-hybridized carbons (Fsp3) is 0.308. The summed E-state index contributed by atoms with van der Waals surface area (Å²) in [5.74, 6) is -2.87. The number of rotatable bonds is 1. The van der Waals surface area contributed by atoms with E-state index in [-0.39, 0.29) is 30.0 Å². The predicted molar refractivity (Wildman–Crippen MR) is 129 cm³/mol. The number of pyridine rings is 1. The lowest BCUT2D eigenvalue weighted by Gasteiger charge is -2.54. The largest absolute Gasteiger partial charge is 0.502 e. The molecule has 3 aromatic rings. The number of fused-ring (bicyclic) bond motifs is 4. The minimum Gasteiger partial charge on any atom is -0.502 e. The second-order valence-electron chi connectivity index (χ2n) is 9.69. The monoisotopic (exact) mass is 511 g/mol. The molecule has 10 heteroatoms.